The second-order valence-corrected chi connectivity index (χ2v) is 5.06. The Morgan fingerprint density at radius 2 is 2.39 bits per heavy atom. The standard InChI is InChI=1S/C14H18FN3/c1-10(17)12-4-5-18(8-12)9-13-6-14(15)3-2-11(13)7-16/h2-3,6,10,12H,4-5,8-9,17H2,1H3. The molecule has 2 rings (SSSR count). The zero-order chi connectivity index (χ0) is 13.1. The second-order valence-electron chi connectivity index (χ2n) is 5.06. The van der Waals surface area contributed by atoms with Gasteiger partial charge in [0.25, 0.3) is 0 Å². The van der Waals surface area contributed by atoms with Gasteiger partial charge in [-0.3, -0.25) is 4.90 Å². The smallest absolute Gasteiger partial charge is 0.123 e. The fourth-order valence-corrected chi connectivity index (χ4v) is 2.48. The predicted molar refractivity (Wildman–Crippen MR) is 68.1 cm³/mol. The molecule has 2 atom stereocenters. The number of likely N-dealkylation sites (tertiary alicyclic amines) is 1. The van der Waals surface area contributed by atoms with E-state index in [1.54, 1.807) is 6.07 Å². The minimum Gasteiger partial charge on any atom is -0.328 e. The molecule has 0 aliphatic carbocycles. The highest BCUT2D eigenvalue weighted by molar-refractivity contribution is 5.37. The Hall–Kier alpha value is -1.44. The minimum absolute atomic E-state index is 0.193. The molecule has 1 aromatic rings. The molecule has 0 aromatic heterocycles. The summed E-state index contributed by atoms with van der Waals surface area (Å²) in [5.41, 5.74) is 7.22. The summed E-state index contributed by atoms with van der Waals surface area (Å²) in [6.45, 7) is 4.55. The van der Waals surface area contributed by atoms with Crippen LogP contribution in [0.25, 0.3) is 0 Å². The molecule has 2 unspecified atom stereocenters. The Labute approximate surface area is 107 Å². The highest BCUT2D eigenvalue weighted by Crippen LogP contribution is 2.22. The molecule has 1 aromatic carbocycles. The molecular formula is C14H18FN3. The number of benzene rings is 1. The molecule has 1 saturated heterocycles. The van der Waals surface area contributed by atoms with Gasteiger partial charge < -0.3 is 5.73 Å². The lowest BCUT2D eigenvalue weighted by Gasteiger charge is -2.18. The Morgan fingerprint density at radius 1 is 1.61 bits per heavy atom. The van der Waals surface area contributed by atoms with Crippen LogP contribution in [-0.2, 0) is 6.54 Å². The molecule has 4 heteroatoms. The number of hydrogen-bond acceptors (Lipinski definition) is 3. The van der Waals surface area contributed by atoms with E-state index >= 15 is 0 Å². The summed E-state index contributed by atoms with van der Waals surface area (Å²) in [7, 11) is 0. The monoisotopic (exact) mass is 247 g/mol. The van der Waals surface area contributed by atoms with Crippen LogP contribution in [0.15, 0.2) is 18.2 Å². The lowest BCUT2D eigenvalue weighted by atomic mass is 10.0. The van der Waals surface area contributed by atoms with E-state index < -0.39 is 0 Å². The fraction of sp³-hybridized carbons (Fsp3) is 0.500. The number of nitrogens with zero attached hydrogens (tertiary/aromatic N) is 2. The Balaban J connectivity index is 2.07. The van der Waals surface area contributed by atoms with E-state index in [9.17, 15) is 4.39 Å². The van der Waals surface area contributed by atoms with E-state index in [1.165, 1.54) is 12.1 Å². The van der Waals surface area contributed by atoms with Crippen LogP contribution >= 0.6 is 0 Å². The van der Waals surface area contributed by atoms with Crippen LogP contribution in [0.5, 0.6) is 0 Å². The van der Waals surface area contributed by atoms with Gasteiger partial charge in [-0.15, -0.1) is 0 Å². The van der Waals surface area contributed by atoms with Gasteiger partial charge in [0.1, 0.15) is 5.82 Å². The first-order valence-corrected chi connectivity index (χ1v) is 6.26. The zero-order valence-electron chi connectivity index (χ0n) is 10.6. The van der Waals surface area contributed by atoms with Crippen LogP contribution in [0.2, 0.25) is 0 Å². The van der Waals surface area contributed by atoms with Gasteiger partial charge in [-0.2, -0.15) is 5.26 Å². The Kier molecular flexibility index (Phi) is 3.95. The van der Waals surface area contributed by atoms with Crippen molar-refractivity contribution in [3.8, 4) is 6.07 Å². The lowest BCUT2D eigenvalue weighted by molar-refractivity contribution is 0.308. The summed E-state index contributed by atoms with van der Waals surface area (Å²) in [5, 5.41) is 9.01. The molecule has 2 N–H and O–H groups in total. The van der Waals surface area contributed by atoms with Gasteiger partial charge in [0.05, 0.1) is 11.6 Å². The van der Waals surface area contributed by atoms with Gasteiger partial charge in [0.2, 0.25) is 0 Å². The van der Waals surface area contributed by atoms with Gasteiger partial charge in [-0.25, -0.2) is 4.39 Å². The summed E-state index contributed by atoms with van der Waals surface area (Å²) in [6.07, 6.45) is 1.08. The third kappa shape index (κ3) is 2.87. The van der Waals surface area contributed by atoms with E-state index in [-0.39, 0.29) is 11.9 Å². The van der Waals surface area contributed by atoms with E-state index in [1.807, 2.05) is 6.92 Å². The van der Waals surface area contributed by atoms with Crippen molar-refractivity contribution >= 4 is 0 Å². The Morgan fingerprint density at radius 3 is 3.00 bits per heavy atom. The van der Waals surface area contributed by atoms with Crippen LogP contribution in [0.3, 0.4) is 0 Å². The number of hydrogen-bond donors (Lipinski definition) is 1. The lowest BCUT2D eigenvalue weighted by Crippen LogP contribution is -2.29. The van der Waals surface area contributed by atoms with Crippen LogP contribution in [0, 0.1) is 23.1 Å². The molecule has 1 aliphatic rings. The summed E-state index contributed by atoms with van der Waals surface area (Å²) >= 11 is 0. The second kappa shape index (κ2) is 5.47. The van der Waals surface area contributed by atoms with E-state index in [4.69, 9.17) is 11.0 Å². The van der Waals surface area contributed by atoms with Crippen molar-refractivity contribution in [2.24, 2.45) is 11.7 Å². The maximum absolute atomic E-state index is 13.2. The van der Waals surface area contributed by atoms with Gasteiger partial charge in [-0.1, -0.05) is 0 Å². The summed E-state index contributed by atoms with van der Waals surface area (Å²) in [6, 6.07) is 6.64. The predicted octanol–water partition coefficient (Wildman–Crippen LogP) is 1.87. The molecule has 0 bridgehead atoms. The molecule has 3 nitrogen and oxygen atoms in total. The molecule has 0 amide bonds. The SMILES string of the molecule is CC(N)C1CCN(Cc2cc(F)ccc2C#N)C1. The first-order valence-electron chi connectivity index (χ1n) is 6.26. The van der Waals surface area contributed by atoms with Crippen LogP contribution in [-0.4, -0.2) is 24.0 Å². The summed E-state index contributed by atoms with van der Waals surface area (Å²) in [5.74, 6) is 0.219. The highest BCUT2D eigenvalue weighted by Gasteiger charge is 2.25. The Bertz CT molecular complexity index is 465. The van der Waals surface area contributed by atoms with E-state index in [2.05, 4.69) is 11.0 Å². The largest absolute Gasteiger partial charge is 0.328 e. The summed E-state index contributed by atoms with van der Waals surface area (Å²) < 4.78 is 13.2. The topological polar surface area (TPSA) is 53.0 Å². The normalized spacial score (nSPS) is 21.8. The average molecular weight is 247 g/mol. The number of nitrogens with two attached hydrogens (primary N) is 1. The molecule has 0 radical (unpaired) electrons. The maximum atomic E-state index is 13.2. The van der Waals surface area contributed by atoms with Crippen molar-refractivity contribution in [3.05, 3.63) is 35.1 Å². The molecule has 1 aliphatic heterocycles. The molecule has 1 fully saturated rings. The number of nitriles is 1. The molecule has 18 heavy (non-hydrogen) atoms. The van der Waals surface area contributed by atoms with Crippen molar-refractivity contribution in [1.29, 1.82) is 5.26 Å². The van der Waals surface area contributed by atoms with Crippen LogP contribution < -0.4 is 5.73 Å². The zero-order valence-corrected chi connectivity index (χ0v) is 10.6. The van der Waals surface area contributed by atoms with Gasteiger partial charge >= 0.3 is 0 Å². The molecular weight excluding hydrogens is 229 g/mol. The quantitative estimate of drug-likeness (QED) is 0.887. The summed E-state index contributed by atoms with van der Waals surface area (Å²) in [4.78, 5) is 2.24. The van der Waals surface area contributed by atoms with Crippen molar-refractivity contribution in [2.45, 2.75) is 25.9 Å². The molecule has 96 valence electrons. The van der Waals surface area contributed by atoms with Crippen molar-refractivity contribution in [3.63, 3.8) is 0 Å². The average Bonchev–Trinajstić information content (AvgIpc) is 2.78. The highest BCUT2D eigenvalue weighted by atomic mass is 19.1. The maximum Gasteiger partial charge on any atom is 0.123 e. The van der Waals surface area contributed by atoms with E-state index in [0.717, 1.165) is 25.1 Å². The van der Waals surface area contributed by atoms with E-state index in [0.29, 0.717) is 18.0 Å². The van der Waals surface area contributed by atoms with Gasteiger partial charge in [-0.05, 0) is 49.6 Å². The fourth-order valence-electron chi connectivity index (χ4n) is 2.48. The van der Waals surface area contributed by atoms with Gasteiger partial charge in [0, 0.05) is 19.1 Å². The van der Waals surface area contributed by atoms with Crippen molar-refractivity contribution in [2.75, 3.05) is 13.1 Å². The van der Waals surface area contributed by atoms with Crippen LogP contribution in [0.1, 0.15) is 24.5 Å². The number of halogens is 1. The van der Waals surface area contributed by atoms with Crippen LogP contribution in [0.4, 0.5) is 4.39 Å². The first-order chi connectivity index (χ1) is 8.60. The van der Waals surface area contributed by atoms with Crippen molar-refractivity contribution in [1.82, 2.24) is 4.90 Å². The van der Waals surface area contributed by atoms with Crippen molar-refractivity contribution < 1.29 is 4.39 Å². The first kappa shape index (κ1) is 13.0. The van der Waals surface area contributed by atoms with Gasteiger partial charge in [0.15, 0.2) is 0 Å². The minimum atomic E-state index is -0.285. The third-order valence-corrected chi connectivity index (χ3v) is 3.63. The number of rotatable bonds is 3. The molecule has 1 heterocycles. The molecule has 0 saturated carbocycles. The molecule has 0 spiro atoms. The third-order valence-electron chi connectivity index (χ3n) is 3.63.